The highest BCUT2D eigenvalue weighted by atomic mass is 35.5. The van der Waals surface area contributed by atoms with Crippen LogP contribution >= 0.6 is 23.2 Å². The first-order valence-electron chi connectivity index (χ1n) is 7.45. The first-order valence-corrected chi connectivity index (χ1v) is 8.21. The molecule has 1 aliphatic heterocycles. The largest absolute Gasteiger partial charge is 0.335 e. The zero-order chi connectivity index (χ0) is 15.4. The van der Waals surface area contributed by atoms with Gasteiger partial charge < -0.3 is 4.90 Å². The molecule has 21 heavy (non-hydrogen) atoms. The molecule has 3 rings (SSSR count). The van der Waals surface area contributed by atoms with Gasteiger partial charge in [0.25, 0.3) is 5.91 Å². The Morgan fingerprint density at radius 1 is 1.24 bits per heavy atom. The summed E-state index contributed by atoms with van der Waals surface area (Å²) in [4.78, 5) is 14.9. The van der Waals surface area contributed by atoms with E-state index in [1.807, 2.05) is 4.90 Å². The number of carbonyl (C=O) groups excluding carboxylic acids is 1. The molecule has 1 saturated heterocycles. The standard InChI is InChI=1S/C17H21Cl2NO/c1-16(2)7-12-8-17(3,9-16)10-20(12)15(21)13-5-4-11(18)6-14(13)19/h4-6,12H,7-10H2,1-3H3/t12-,17-/m0/s1. The third-order valence-corrected chi connectivity index (χ3v) is 5.39. The van der Waals surface area contributed by atoms with E-state index in [9.17, 15) is 4.79 Å². The van der Waals surface area contributed by atoms with Crippen molar-refractivity contribution in [3.8, 4) is 0 Å². The van der Waals surface area contributed by atoms with E-state index < -0.39 is 0 Å². The maximum Gasteiger partial charge on any atom is 0.255 e. The van der Waals surface area contributed by atoms with Crippen molar-refractivity contribution in [3.05, 3.63) is 33.8 Å². The first kappa shape index (κ1) is 15.2. The van der Waals surface area contributed by atoms with E-state index in [0.29, 0.717) is 27.1 Å². The van der Waals surface area contributed by atoms with Crippen LogP contribution in [0.1, 0.15) is 50.4 Å². The summed E-state index contributed by atoms with van der Waals surface area (Å²) in [6.07, 6.45) is 3.35. The summed E-state index contributed by atoms with van der Waals surface area (Å²) >= 11 is 12.1. The average Bonchev–Trinajstić information content (AvgIpc) is 2.57. The summed E-state index contributed by atoms with van der Waals surface area (Å²) in [5, 5.41) is 1.00. The minimum atomic E-state index is 0.0445. The number of fused-ring (bicyclic) bond motifs is 2. The molecule has 2 nitrogen and oxygen atoms in total. The summed E-state index contributed by atoms with van der Waals surface area (Å²) in [6.45, 7) is 7.75. The maximum atomic E-state index is 12.9. The van der Waals surface area contributed by atoms with E-state index in [1.54, 1.807) is 18.2 Å². The van der Waals surface area contributed by atoms with Gasteiger partial charge in [-0.1, -0.05) is 44.0 Å². The molecule has 0 N–H and O–H groups in total. The monoisotopic (exact) mass is 325 g/mol. The van der Waals surface area contributed by atoms with Crippen molar-refractivity contribution in [3.63, 3.8) is 0 Å². The summed E-state index contributed by atoms with van der Waals surface area (Å²) in [5.41, 5.74) is 1.10. The lowest BCUT2D eigenvalue weighted by Gasteiger charge is -2.39. The van der Waals surface area contributed by atoms with Gasteiger partial charge in [0.05, 0.1) is 10.6 Å². The maximum absolute atomic E-state index is 12.9. The molecule has 0 radical (unpaired) electrons. The van der Waals surface area contributed by atoms with Crippen LogP contribution < -0.4 is 0 Å². The predicted molar refractivity (Wildman–Crippen MR) is 87.0 cm³/mol. The fourth-order valence-electron chi connectivity index (χ4n) is 4.51. The number of rotatable bonds is 1. The Hall–Kier alpha value is -0.730. The molecule has 1 saturated carbocycles. The molecule has 2 aliphatic rings. The zero-order valence-corrected chi connectivity index (χ0v) is 14.3. The summed E-state index contributed by atoms with van der Waals surface area (Å²) in [7, 11) is 0. The molecule has 1 aromatic carbocycles. The molecule has 1 amide bonds. The van der Waals surface area contributed by atoms with Gasteiger partial charge in [-0.25, -0.2) is 0 Å². The van der Waals surface area contributed by atoms with Crippen LogP contribution in [0.3, 0.4) is 0 Å². The van der Waals surface area contributed by atoms with Gasteiger partial charge in [0, 0.05) is 17.6 Å². The highest BCUT2D eigenvalue weighted by Crippen LogP contribution is 2.52. The molecule has 4 heteroatoms. The van der Waals surface area contributed by atoms with E-state index >= 15 is 0 Å². The van der Waals surface area contributed by atoms with E-state index in [2.05, 4.69) is 20.8 Å². The van der Waals surface area contributed by atoms with Crippen molar-refractivity contribution in [2.24, 2.45) is 10.8 Å². The average molecular weight is 326 g/mol. The third-order valence-electron chi connectivity index (χ3n) is 4.84. The Bertz CT molecular complexity index is 598. The lowest BCUT2D eigenvalue weighted by molar-refractivity contribution is 0.0708. The lowest BCUT2D eigenvalue weighted by atomic mass is 9.65. The van der Waals surface area contributed by atoms with E-state index in [1.165, 1.54) is 6.42 Å². The second-order valence-electron chi connectivity index (χ2n) is 7.77. The van der Waals surface area contributed by atoms with Crippen molar-refractivity contribution in [1.82, 2.24) is 4.90 Å². The number of amides is 1. The highest BCUT2D eigenvalue weighted by molar-refractivity contribution is 6.36. The van der Waals surface area contributed by atoms with Gasteiger partial charge in [-0.2, -0.15) is 0 Å². The van der Waals surface area contributed by atoms with Crippen LogP contribution in [0.25, 0.3) is 0 Å². The molecule has 0 aromatic heterocycles. The van der Waals surface area contributed by atoms with Crippen LogP contribution in [0, 0.1) is 10.8 Å². The van der Waals surface area contributed by atoms with Gasteiger partial charge >= 0.3 is 0 Å². The minimum Gasteiger partial charge on any atom is -0.335 e. The van der Waals surface area contributed by atoms with Gasteiger partial charge in [-0.05, 0) is 48.3 Å². The SMILES string of the molecule is CC1(C)C[C@H]2C[C@](C)(CN2C(=O)c2ccc(Cl)cc2Cl)C1. The molecule has 1 aliphatic carbocycles. The lowest BCUT2D eigenvalue weighted by Crippen LogP contribution is -2.37. The molecule has 1 heterocycles. The molecule has 2 bridgehead atoms. The highest BCUT2D eigenvalue weighted by Gasteiger charge is 2.51. The zero-order valence-electron chi connectivity index (χ0n) is 12.7. The fourth-order valence-corrected chi connectivity index (χ4v) is 5.00. The third kappa shape index (κ3) is 2.80. The smallest absolute Gasteiger partial charge is 0.255 e. The number of hydrogen-bond donors (Lipinski definition) is 0. The molecule has 2 fully saturated rings. The fraction of sp³-hybridized carbons (Fsp3) is 0.588. The Balaban J connectivity index is 1.90. The van der Waals surface area contributed by atoms with Crippen LogP contribution in [-0.4, -0.2) is 23.4 Å². The summed E-state index contributed by atoms with van der Waals surface area (Å²) < 4.78 is 0. The van der Waals surface area contributed by atoms with Crippen LogP contribution in [0.15, 0.2) is 18.2 Å². The van der Waals surface area contributed by atoms with Gasteiger partial charge in [-0.15, -0.1) is 0 Å². The number of nitrogens with zero attached hydrogens (tertiary/aromatic N) is 1. The summed E-state index contributed by atoms with van der Waals surface area (Å²) in [6, 6.07) is 5.44. The molecular weight excluding hydrogens is 305 g/mol. The van der Waals surface area contributed by atoms with Crippen molar-refractivity contribution in [2.75, 3.05) is 6.54 Å². The van der Waals surface area contributed by atoms with Crippen molar-refractivity contribution in [1.29, 1.82) is 0 Å². The van der Waals surface area contributed by atoms with Crippen molar-refractivity contribution < 1.29 is 4.79 Å². The van der Waals surface area contributed by atoms with Crippen molar-refractivity contribution in [2.45, 2.75) is 46.1 Å². The number of carbonyl (C=O) groups is 1. The summed E-state index contributed by atoms with van der Waals surface area (Å²) in [5.74, 6) is 0.0445. The van der Waals surface area contributed by atoms with Gasteiger partial charge in [-0.3, -0.25) is 4.79 Å². The quantitative estimate of drug-likeness (QED) is 0.708. The number of benzene rings is 1. The molecule has 0 unspecified atom stereocenters. The second kappa shape index (κ2) is 4.89. The number of likely N-dealkylation sites (tertiary alicyclic amines) is 1. The first-order chi connectivity index (χ1) is 9.69. The van der Waals surface area contributed by atoms with E-state index in [-0.39, 0.29) is 11.3 Å². The van der Waals surface area contributed by atoms with Crippen molar-refractivity contribution >= 4 is 29.1 Å². The van der Waals surface area contributed by atoms with Gasteiger partial charge in [0.2, 0.25) is 0 Å². The topological polar surface area (TPSA) is 20.3 Å². The van der Waals surface area contributed by atoms with Gasteiger partial charge in [0.15, 0.2) is 0 Å². The van der Waals surface area contributed by atoms with Crippen LogP contribution in [0.2, 0.25) is 10.0 Å². The Labute approximate surface area is 136 Å². The van der Waals surface area contributed by atoms with Gasteiger partial charge in [0.1, 0.15) is 0 Å². The Morgan fingerprint density at radius 2 is 1.95 bits per heavy atom. The number of hydrogen-bond acceptors (Lipinski definition) is 1. The molecule has 1 aromatic rings. The van der Waals surface area contributed by atoms with Crippen LogP contribution in [0.5, 0.6) is 0 Å². The Kier molecular flexibility index (Phi) is 3.53. The predicted octanol–water partition coefficient (Wildman–Crippen LogP) is 5.03. The Morgan fingerprint density at radius 3 is 2.62 bits per heavy atom. The number of halogens is 2. The molecule has 2 atom stereocenters. The molecular formula is C17H21Cl2NO. The van der Waals surface area contributed by atoms with E-state index in [4.69, 9.17) is 23.2 Å². The van der Waals surface area contributed by atoms with Crippen LogP contribution in [0.4, 0.5) is 0 Å². The normalized spacial score (nSPS) is 30.5. The van der Waals surface area contributed by atoms with Crippen LogP contribution in [-0.2, 0) is 0 Å². The molecule has 114 valence electrons. The van der Waals surface area contributed by atoms with E-state index in [0.717, 1.165) is 19.4 Å². The minimum absolute atomic E-state index is 0.0445. The molecule has 0 spiro atoms. The second-order valence-corrected chi connectivity index (χ2v) is 8.61.